The molecule has 0 aliphatic rings. The number of benzene rings is 2. The van der Waals surface area contributed by atoms with Crippen molar-refractivity contribution >= 4 is 34.2 Å². The molecular formula is C15H11ClFN3S. The molecule has 0 aliphatic carbocycles. The second kappa shape index (κ2) is 7.11. The molecule has 0 atom stereocenters. The predicted molar refractivity (Wildman–Crippen MR) is 85.1 cm³/mol. The van der Waals surface area contributed by atoms with Gasteiger partial charge in [-0.1, -0.05) is 35.5 Å². The molecule has 2 N–H and O–H groups in total. The van der Waals surface area contributed by atoms with Crippen LogP contribution in [0, 0.1) is 17.1 Å². The van der Waals surface area contributed by atoms with Gasteiger partial charge in [-0.25, -0.2) is 9.38 Å². The van der Waals surface area contributed by atoms with Gasteiger partial charge in [-0.15, -0.1) is 0 Å². The van der Waals surface area contributed by atoms with Crippen LogP contribution in [0.15, 0.2) is 47.5 Å². The van der Waals surface area contributed by atoms with Crippen molar-refractivity contribution in [1.82, 2.24) is 0 Å². The Morgan fingerprint density at radius 1 is 1.29 bits per heavy atom. The van der Waals surface area contributed by atoms with Gasteiger partial charge in [0.2, 0.25) is 0 Å². The van der Waals surface area contributed by atoms with E-state index in [-0.39, 0.29) is 5.02 Å². The molecule has 0 aromatic heterocycles. The van der Waals surface area contributed by atoms with E-state index in [4.69, 9.17) is 22.6 Å². The van der Waals surface area contributed by atoms with Crippen molar-refractivity contribution in [1.29, 1.82) is 5.26 Å². The summed E-state index contributed by atoms with van der Waals surface area (Å²) in [5.41, 5.74) is 7.98. The lowest BCUT2D eigenvalue weighted by atomic mass is 10.2. The second-order valence-electron chi connectivity index (χ2n) is 4.15. The second-order valence-corrected chi connectivity index (χ2v) is 5.55. The normalized spacial score (nSPS) is 11.2. The number of thioether (sulfide) groups is 1. The van der Waals surface area contributed by atoms with Gasteiger partial charge in [0, 0.05) is 5.75 Å². The number of hydrogen-bond acceptors (Lipinski definition) is 3. The third-order valence-corrected chi connectivity index (χ3v) is 3.77. The van der Waals surface area contributed by atoms with Crippen molar-refractivity contribution in [2.75, 3.05) is 0 Å². The number of aliphatic imine (C=N–C) groups is 1. The van der Waals surface area contributed by atoms with E-state index in [0.717, 1.165) is 5.56 Å². The summed E-state index contributed by atoms with van der Waals surface area (Å²) in [6.07, 6.45) is 0. The summed E-state index contributed by atoms with van der Waals surface area (Å²) in [6.45, 7) is 0. The minimum absolute atomic E-state index is 0.0149. The van der Waals surface area contributed by atoms with Crippen LogP contribution in [0.4, 0.5) is 10.1 Å². The first-order valence-electron chi connectivity index (χ1n) is 5.99. The summed E-state index contributed by atoms with van der Waals surface area (Å²) in [5, 5.41) is 9.10. The fraction of sp³-hybridized carbons (Fsp3) is 0.0667. The van der Waals surface area contributed by atoms with Crippen LogP contribution in [0.5, 0.6) is 0 Å². The third-order valence-electron chi connectivity index (χ3n) is 2.61. The van der Waals surface area contributed by atoms with Gasteiger partial charge in [-0.05, 0) is 35.9 Å². The number of hydrogen-bond donors (Lipinski definition) is 1. The topological polar surface area (TPSA) is 62.2 Å². The molecule has 2 aromatic rings. The molecular weight excluding hydrogens is 309 g/mol. The van der Waals surface area contributed by atoms with E-state index >= 15 is 0 Å². The summed E-state index contributed by atoms with van der Waals surface area (Å²) in [5.74, 6) is 0.148. The summed E-state index contributed by atoms with van der Waals surface area (Å²) in [4.78, 5) is 4.16. The molecule has 0 bridgehead atoms. The molecule has 3 nitrogen and oxygen atoms in total. The molecule has 0 amide bonds. The molecule has 0 saturated heterocycles. The Kier molecular flexibility index (Phi) is 5.20. The average Bonchev–Trinajstić information content (AvgIpc) is 2.49. The number of nitriles is 1. The maximum absolute atomic E-state index is 13.0. The Morgan fingerprint density at radius 2 is 2.00 bits per heavy atom. The summed E-state index contributed by atoms with van der Waals surface area (Å²) >= 11 is 7.04. The Hall–Kier alpha value is -2.03. The molecule has 0 radical (unpaired) electrons. The minimum Gasteiger partial charge on any atom is -0.378 e. The van der Waals surface area contributed by atoms with Crippen molar-refractivity contribution < 1.29 is 4.39 Å². The molecule has 0 fully saturated rings. The van der Waals surface area contributed by atoms with Crippen LogP contribution < -0.4 is 5.73 Å². The zero-order chi connectivity index (χ0) is 15.2. The lowest BCUT2D eigenvalue weighted by molar-refractivity contribution is 0.628. The molecule has 0 unspecified atom stereocenters. The van der Waals surface area contributed by atoms with E-state index in [2.05, 4.69) is 11.1 Å². The van der Waals surface area contributed by atoms with Gasteiger partial charge in [0.15, 0.2) is 5.17 Å². The van der Waals surface area contributed by atoms with Gasteiger partial charge >= 0.3 is 0 Å². The highest BCUT2D eigenvalue weighted by Crippen LogP contribution is 2.23. The highest BCUT2D eigenvalue weighted by Gasteiger charge is 2.02. The van der Waals surface area contributed by atoms with E-state index in [1.807, 2.05) is 12.1 Å². The molecule has 0 spiro atoms. The average molecular weight is 320 g/mol. The quantitative estimate of drug-likeness (QED) is 0.680. The molecule has 6 heteroatoms. The van der Waals surface area contributed by atoms with Gasteiger partial charge < -0.3 is 5.73 Å². The minimum atomic E-state index is -0.487. The molecule has 21 heavy (non-hydrogen) atoms. The number of nitrogens with two attached hydrogens (primary N) is 1. The molecule has 2 rings (SSSR count). The third kappa shape index (κ3) is 4.48. The lowest BCUT2D eigenvalue weighted by Crippen LogP contribution is -2.06. The maximum Gasteiger partial charge on any atom is 0.159 e. The van der Waals surface area contributed by atoms with Crippen LogP contribution >= 0.6 is 23.4 Å². The molecule has 106 valence electrons. The van der Waals surface area contributed by atoms with Gasteiger partial charge in [-0.2, -0.15) is 5.26 Å². The van der Waals surface area contributed by atoms with Crippen molar-refractivity contribution in [3.05, 3.63) is 64.4 Å². The van der Waals surface area contributed by atoms with Crippen molar-refractivity contribution in [2.24, 2.45) is 10.7 Å². The Bertz CT molecular complexity index is 708. The molecule has 2 aromatic carbocycles. The van der Waals surface area contributed by atoms with Crippen LogP contribution in [-0.2, 0) is 5.75 Å². The predicted octanol–water partition coefficient (Wildman–Crippen LogP) is 4.23. The maximum atomic E-state index is 13.0. The van der Waals surface area contributed by atoms with Crippen LogP contribution in [-0.4, -0.2) is 5.17 Å². The van der Waals surface area contributed by atoms with Gasteiger partial charge in [0.05, 0.1) is 22.3 Å². The Morgan fingerprint density at radius 3 is 2.62 bits per heavy atom. The Balaban J connectivity index is 2.00. The highest BCUT2D eigenvalue weighted by atomic mass is 35.5. The number of rotatable bonds is 3. The van der Waals surface area contributed by atoms with E-state index in [1.54, 1.807) is 12.1 Å². The van der Waals surface area contributed by atoms with E-state index < -0.39 is 5.82 Å². The monoisotopic (exact) mass is 319 g/mol. The zero-order valence-electron chi connectivity index (χ0n) is 10.9. The van der Waals surface area contributed by atoms with Gasteiger partial charge in [0.1, 0.15) is 5.82 Å². The SMILES string of the molecule is N#Cc1ccc(CSC(N)=Nc2ccc(F)c(Cl)c2)cc1. The Labute approximate surface area is 131 Å². The number of amidine groups is 1. The smallest absolute Gasteiger partial charge is 0.159 e. The van der Waals surface area contributed by atoms with E-state index in [0.29, 0.717) is 22.2 Å². The molecule has 0 aliphatic heterocycles. The summed E-state index contributed by atoms with van der Waals surface area (Å²) in [6, 6.07) is 13.5. The first-order chi connectivity index (χ1) is 10.1. The summed E-state index contributed by atoms with van der Waals surface area (Å²) < 4.78 is 13.0. The standard InChI is InChI=1S/C15H11ClFN3S/c16-13-7-12(5-6-14(13)17)20-15(19)21-9-11-3-1-10(8-18)2-4-11/h1-7H,9H2,(H2,19,20). The number of halogens is 2. The van der Waals surface area contributed by atoms with Crippen molar-refractivity contribution in [2.45, 2.75) is 5.75 Å². The number of nitrogens with zero attached hydrogens (tertiary/aromatic N) is 2. The largest absolute Gasteiger partial charge is 0.378 e. The first kappa shape index (κ1) is 15.4. The van der Waals surface area contributed by atoms with Crippen molar-refractivity contribution in [3.8, 4) is 6.07 Å². The van der Waals surface area contributed by atoms with Crippen LogP contribution in [0.3, 0.4) is 0 Å². The van der Waals surface area contributed by atoms with Gasteiger partial charge in [0.25, 0.3) is 0 Å². The van der Waals surface area contributed by atoms with Crippen LogP contribution in [0.25, 0.3) is 0 Å². The van der Waals surface area contributed by atoms with Gasteiger partial charge in [-0.3, -0.25) is 0 Å². The zero-order valence-corrected chi connectivity index (χ0v) is 12.5. The van der Waals surface area contributed by atoms with E-state index in [1.165, 1.54) is 30.0 Å². The highest BCUT2D eigenvalue weighted by molar-refractivity contribution is 8.13. The molecule has 0 heterocycles. The fourth-order valence-corrected chi connectivity index (χ4v) is 2.40. The molecule has 0 saturated carbocycles. The summed E-state index contributed by atoms with van der Waals surface area (Å²) in [7, 11) is 0. The lowest BCUT2D eigenvalue weighted by Gasteiger charge is -2.02. The van der Waals surface area contributed by atoms with Crippen molar-refractivity contribution in [3.63, 3.8) is 0 Å². The fourth-order valence-electron chi connectivity index (χ4n) is 1.55. The van der Waals surface area contributed by atoms with E-state index in [9.17, 15) is 4.39 Å². The first-order valence-corrected chi connectivity index (χ1v) is 7.36. The van der Waals surface area contributed by atoms with Crippen LogP contribution in [0.2, 0.25) is 5.02 Å². The van der Waals surface area contributed by atoms with Crippen LogP contribution in [0.1, 0.15) is 11.1 Å².